The molecule has 0 aliphatic rings. The quantitative estimate of drug-likeness (QED) is 0.404. The number of anilines is 1. The molecule has 3 rings (SSSR count). The van der Waals surface area contributed by atoms with Crippen molar-refractivity contribution in [2.75, 3.05) is 10.8 Å². The van der Waals surface area contributed by atoms with Crippen LogP contribution in [0.25, 0.3) is 0 Å². The molecule has 1 atom stereocenters. The number of rotatable bonds is 10. The molecule has 9 heteroatoms. The van der Waals surface area contributed by atoms with Gasteiger partial charge in [-0.3, -0.25) is 13.9 Å². The topological polar surface area (TPSA) is 92.8 Å². The molecule has 0 fully saturated rings. The highest BCUT2D eigenvalue weighted by molar-refractivity contribution is 7.92. The number of carbonyl (C=O) groups excluding carboxylic acids is 2. The van der Waals surface area contributed by atoms with Crippen LogP contribution in [0.2, 0.25) is 5.02 Å². The summed E-state index contributed by atoms with van der Waals surface area (Å²) in [6.45, 7) is 4.91. The lowest BCUT2D eigenvalue weighted by atomic mass is 10.2. The number of carbonyl (C=O) groups is 2. The standard InChI is InChI=1S/C26H27ClN2O5S/c1-18-10-12-23(13-11-18)35(32,33)29(25-9-5-8-24(27)20(25)3)16-26(31)28-15-21-6-4-7-22(14-21)34-19(2)17-30/h4-14,17,19H,15-16H2,1-3H3,(H,28,31)/t19-/m0/s1. The number of aldehydes is 1. The van der Waals surface area contributed by atoms with E-state index in [1.807, 2.05) is 6.92 Å². The number of nitrogens with zero attached hydrogens (tertiary/aromatic N) is 1. The van der Waals surface area contributed by atoms with Gasteiger partial charge in [0.05, 0.1) is 10.6 Å². The summed E-state index contributed by atoms with van der Waals surface area (Å²) in [6, 6.07) is 18.3. The van der Waals surface area contributed by atoms with Crippen LogP contribution in [0.4, 0.5) is 5.69 Å². The van der Waals surface area contributed by atoms with Gasteiger partial charge in [0, 0.05) is 11.6 Å². The van der Waals surface area contributed by atoms with E-state index in [9.17, 15) is 18.0 Å². The lowest BCUT2D eigenvalue weighted by Crippen LogP contribution is -2.41. The minimum Gasteiger partial charge on any atom is -0.483 e. The van der Waals surface area contributed by atoms with Gasteiger partial charge in [0.1, 0.15) is 12.3 Å². The molecule has 184 valence electrons. The second-order valence-electron chi connectivity index (χ2n) is 8.09. The molecule has 0 saturated carbocycles. The number of hydrogen-bond acceptors (Lipinski definition) is 5. The van der Waals surface area contributed by atoms with Gasteiger partial charge in [-0.05, 0) is 68.3 Å². The Hall–Kier alpha value is -3.36. The van der Waals surface area contributed by atoms with E-state index in [4.69, 9.17) is 16.3 Å². The van der Waals surface area contributed by atoms with Crippen LogP contribution in [0.3, 0.4) is 0 Å². The van der Waals surface area contributed by atoms with Crippen molar-refractivity contribution in [2.24, 2.45) is 0 Å². The summed E-state index contributed by atoms with van der Waals surface area (Å²) in [4.78, 5) is 23.8. The first-order valence-corrected chi connectivity index (χ1v) is 12.8. The van der Waals surface area contributed by atoms with Crippen molar-refractivity contribution < 1.29 is 22.7 Å². The highest BCUT2D eigenvalue weighted by Gasteiger charge is 2.28. The molecule has 1 amide bonds. The largest absolute Gasteiger partial charge is 0.483 e. The molecule has 0 bridgehead atoms. The monoisotopic (exact) mass is 514 g/mol. The van der Waals surface area contributed by atoms with Crippen molar-refractivity contribution in [3.63, 3.8) is 0 Å². The molecule has 3 aromatic carbocycles. The molecule has 7 nitrogen and oxygen atoms in total. The number of ether oxygens (including phenoxy) is 1. The minimum absolute atomic E-state index is 0.0735. The number of benzene rings is 3. The van der Waals surface area contributed by atoms with Gasteiger partial charge >= 0.3 is 0 Å². The van der Waals surface area contributed by atoms with Crippen molar-refractivity contribution in [1.29, 1.82) is 0 Å². The summed E-state index contributed by atoms with van der Waals surface area (Å²) in [5, 5.41) is 3.15. The van der Waals surface area contributed by atoms with Gasteiger partial charge in [-0.2, -0.15) is 0 Å². The Morgan fingerprint density at radius 3 is 2.46 bits per heavy atom. The summed E-state index contributed by atoms with van der Waals surface area (Å²) in [7, 11) is -4.05. The highest BCUT2D eigenvalue weighted by atomic mass is 35.5. The van der Waals surface area contributed by atoms with Crippen molar-refractivity contribution in [2.45, 2.75) is 38.3 Å². The summed E-state index contributed by atoms with van der Waals surface area (Å²) >= 11 is 6.26. The number of hydrogen-bond donors (Lipinski definition) is 1. The average Bonchev–Trinajstić information content (AvgIpc) is 2.83. The van der Waals surface area contributed by atoms with Crippen LogP contribution in [0.1, 0.15) is 23.6 Å². The van der Waals surface area contributed by atoms with Gasteiger partial charge in [0.15, 0.2) is 12.4 Å². The number of amides is 1. The van der Waals surface area contributed by atoms with Gasteiger partial charge < -0.3 is 10.1 Å². The summed E-state index contributed by atoms with van der Waals surface area (Å²) < 4.78 is 33.6. The first kappa shape index (κ1) is 26.2. The maximum atomic E-state index is 13.6. The van der Waals surface area contributed by atoms with Crippen LogP contribution in [0.5, 0.6) is 5.75 Å². The zero-order valence-electron chi connectivity index (χ0n) is 19.7. The molecule has 1 N–H and O–H groups in total. The molecule has 0 aliphatic carbocycles. The zero-order valence-corrected chi connectivity index (χ0v) is 21.3. The molecule has 0 aromatic heterocycles. The third-order valence-electron chi connectivity index (χ3n) is 5.31. The molecular weight excluding hydrogens is 488 g/mol. The molecule has 35 heavy (non-hydrogen) atoms. The van der Waals surface area contributed by atoms with Crippen LogP contribution in [-0.2, 0) is 26.2 Å². The molecular formula is C26H27ClN2O5S. The molecule has 0 saturated heterocycles. The number of sulfonamides is 1. The van der Waals surface area contributed by atoms with E-state index in [0.717, 1.165) is 15.4 Å². The minimum atomic E-state index is -4.05. The molecule has 0 heterocycles. The van der Waals surface area contributed by atoms with E-state index in [-0.39, 0.29) is 11.4 Å². The first-order chi connectivity index (χ1) is 16.6. The highest BCUT2D eigenvalue weighted by Crippen LogP contribution is 2.31. The third-order valence-corrected chi connectivity index (χ3v) is 7.49. The Morgan fingerprint density at radius 2 is 1.77 bits per heavy atom. The molecule has 0 aliphatic heterocycles. The first-order valence-electron chi connectivity index (χ1n) is 10.9. The fourth-order valence-corrected chi connectivity index (χ4v) is 5.01. The molecule has 0 spiro atoms. The number of aryl methyl sites for hydroxylation is 1. The second kappa shape index (κ2) is 11.4. The SMILES string of the molecule is Cc1ccc(S(=O)(=O)N(CC(=O)NCc2cccc(O[C@@H](C)C=O)c2)c2cccc(Cl)c2C)cc1. The van der Waals surface area contributed by atoms with Gasteiger partial charge in [-0.15, -0.1) is 0 Å². The normalized spacial score (nSPS) is 12.0. The Kier molecular flexibility index (Phi) is 8.53. The van der Waals surface area contributed by atoms with Crippen LogP contribution in [0.15, 0.2) is 71.6 Å². The number of nitrogens with one attached hydrogen (secondary N) is 1. The van der Waals surface area contributed by atoms with Crippen molar-refractivity contribution in [3.05, 3.63) is 88.4 Å². The predicted molar refractivity (Wildman–Crippen MR) is 136 cm³/mol. The van der Waals surface area contributed by atoms with Gasteiger partial charge in [0.25, 0.3) is 10.0 Å². The lowest BCUT2D eigenvalue weighted by molar-refractivity contribution is -0.119. The smallest absolute Gasteiger partial charge is 0.264 e. The Bertz CT molecular complexity index is 1310. The Labute approximate surface area is 210 Å². The lowest BCUT2D eigenvalue weighted by Gasteiger charge is -2.26. The molecule has 3 aromatic rings. The van der Waals surface area contributed by atoms with E-state index >= 15 is 0 Å². The van der Waals surface area contributed by atoms with E-state index in [1.54, 1.807) is 68.4 Å². The van der Waals surface area contributed by atoms with E-state index in [0.29, 0.717) is 28.3 Å². The molecule has 0 radical (unpaired) electrons. The van der Waals surface area contributed by atoms with E-state index in [2.05, 4.69) is 5.32 Å². The van der Waals surface area contributed by atoms with Gasteiger partial charge in [-0.1, -0.05) is 47.5 Å². The Morgan fingerprint density at radius 1 is 1.09 bits per heavy atom. The van der Waals surface area contributed by atoms with Crippen molar-refractivity contribution in [1.82, 2.24) is 5.32 Å². The van der Waals surface area contributed by atoms with Gasteiger partial charge in [-0.25, -0.2) is 8.42 Å². The summed E-state index contributed by atoms with van der Waals surface area (Å²) in [5.41, 5.74) is 2.53. The van der Waals surface area contributed by atoms with Crippen LogP contribution in [-0.4, -0.2) is 33.3 Å². The zero-order chi connectivity index (χ0) is 25.6. The summed E-state index contributed by atoms with van der Waals surface area (Å²) in [5.74, 6) is 0.00196. The van der Waals surface area contributed by atoms with E-state index in [1.165, 1.54) is 12.1 Å². The average molecular weight is 515 g/mol. The van der Waals surface area contributed by atoms with Crippen LogP contribution in [0, 0.1) is 13.8 Å². The maximum Gasteiger partial charge on any atom is 0.264 e. The van der Waals surface area contributed by atoms with E-state index < -0.39 is 28.6 Å². The Balaban J connectivity index is 1.84. The van der Waals surface area contributed by atoms with Gasteiger partial charge in [0.2, 0.25) is 5.91 Å². The van der Waals surface area contributed by atoms with Crippen molar-refractivity contribution in [3.8, 4) is 5.75 Å². The van der Waals surface area contributed by atoms with Crippen LogP contribution < -0.4 is 14.4 Å². The predicted octanol–water partition coefficient (Wildman–Crippen LogP) is 4.43. The number of halogens is 1. The maximum absolute atomic E-state index is 13.6. The fraction of sp³-hybridized carbons (Fsp3) is 0.231. The third kappa shape index (κ3) is 6.61. The summed E-state index contributed by atoms with van der Waals surface area (Å²) in [6.07, 6.45) is 0.0938. The fourth-order valence-electron chi connectivity index (χ4n) is 3.36. The second-order valence-corrected chi connectivity index (χ2v) is 10.4. The molecule has 0 unspecified atom stereocenters. The van der Waals surface area contributed by atoms with Crippen LogP contribution >= 0.6 is 11.6 Å². The van der Waals surface area contributed by atoms with Crippen molar-refractivity contribution >= 4 is 39.5 Å².